The minimum atomic E-state index is 0.299. The molecule has 0 N–H and O–H groups in total. The first-order valence-electron chi connectivity index (χ1n) is 8.18. The van der Waals surface area contributed by atoms with Crippen LogP contribution in [0.5, 0.6) is 0 Å². The van der Waals surface area contributed by atoms with Crippen molar-refractivity contribution in [2.24, 2.45) is 0 Å². The van der Waals surface area contributed by atoms with Gasteiger partial charge in [0.05, 0.1) is 0 Å². The van der Waals surface area contributed by atoms with E-state index >= 15 is 0 Å². The lowest BCUT2D eigenvalue weighted by Crippen LogP contribution is -2.41. The number of benzene rings is 2. The van der Waals surface area contributed by atoms with Crippen LogP contribution in [-0.2, 0) is 11.8 Å². The molecule has 0 atom stereocenters. The zero-order valence-electron chi connectivity index (χ0n) is 13.3. The van der Waals surface area contributed by atoms with Gasteiger partial charge in [0.15, 0.2) is 0 Å². The monoisotopic (exact) mass is 313 g/mol. The molecule has 1 aliphatic heterocycles. The van der Waals surface area contributed by atoms with Gasteiger partial charge in [-0.1, -0.05) is 61.0 Å². The van der Waals surface area contributed by atoms with Crippen LogP contribution < -0.4 is 0 Å². The van der Waals surface area contributed by atoms with E-state index in [2.05, 4.69) is 54.3 Å². The molecule has 1 aliphatic rings. The van der Waals surface area contributed by atoms with E-state index in [1.54, 1.807) is 0 Å². The van der Waals surface area contributed by atoms with Crippen molar-refractivity contribution >= 4 is 11.6 Å². The van der Waals surface area contributed by atoms with Gasteiger partial charge in [-0.15, -0.1) is 0 Å². The highest BCUT2D eigenvalue weighted by Gasteiger charge is 2.31. The topological polar surface area (TPSA) is 3.24 Å². The van der Waals surface area contributed by atoms with Crippen LogP contribution in [0.4, 0.5) is 0 Å². The van der Waals surface area contributed by atoms with Gasteiger partial charge in [0.2, 0.25) is 0 Å². The van der Waals surface area contributed by atoms with Gasteiger partial charge in [-0.25, -0.2) is 0 Å². The van der Waals surface area contributed by atoms with Crippen LogP contribution in [0.25, 0.3) is 0 Å². The molecule has 116 valence electrons. The van der Waals surface area contributed by atoms with Crippen LogP contribution in [0.1, 0.15) is 30.9 Å². The van der Waals surface area contributed by atoms with Crippen molar-refractivity contribution in [3.8, 4) is 0 Å². The molecule has 0 aliphatic carbocycles. The second kappa shape index (κ2) is 6.85. The Morgan fingerprint density at radius 3 is 2.23 bits per heavy atom. The summed E-state index contributed by atoms with van der Waals surface area (Å²) in [5, 5.41) is 0.827. The molecule has 1 nitrogen and oxygen atoms in total. The standard InChI is InChI=1S/C20H24ClN/c1-20(18-7-9-19(21)10-8-18)12-15-22(16-13-20)14-11-17-5-3-2-4-6-17/h2-10H,11-16H2,1H3. The fourth-order valence-electron chi connectivity index (χ4n) is 3.34. The summed E-state index contributed by atoms with van der Waals surface area (Å²) in [5.74, 6) is 0. The summed E-state index contributed by atoms with van der Waals surface area (Å²) < 4.78 is 0. The molecule has 0 aromatic heterocycles. The molecular weight excluding hydrogens is 290 g/mol. The largest absolute Gasteiger partial charge is 0.303 e. The molecule has 22 heavy (non-hydrogen) atoms. The molecule has 0 unspecified atom stereocenters. The first kappa shape index (κ1) is 15.6. The quantitative estimate of drug-likeness (QED) is 0.773. The maximum Gasteiger partial charge on any atom is 0.0406 e. The molecular formula is C20H24ClN. The number of likely N-dealkylation sites (tertiary alicyclic amines) is 1. The van der Waals surface area contributed by atoms with Crippen LogP contribution in [0, 0.1) is 0 Å². The lowest BCUT2D eigenvalue weighted by atomic mass is 9.74. The van der Waals surface area contributed by atoms with Crippen molar-refractivity contribution in [2.75, 3.05) is 19.6 Å². The Hall–Kier alpha value is -1.31. The highest BCUT2D eigenvalue weighted by atomic mass is 35.5. The third-order valence-electron chi connectivity index (χ3n) is 5.06. The smallest absolute Gasteiger partial charge is 0.0406 e. The first-order chi connectivity index (χ1) is 10.7. The number of nitrogens with zero attached hydrogens (tertiary/aromatic N) is 1. The molecule has 0 spiro atoms. The molecule has 2 aromatic carbocycles. The van der Waals surface area contributed by atoms with Crippen molar-refractivity contribution in [3.05, 3.63) is 70.7 Å². The van der Waals surface area contributed by atoms with Gasteiger partial charge in [0.25, 0.3) is 0 Å². The van der Waals surface area contributed by atoms with Gasteiger partial charge in [-0.05, 0) is 61.0 Å². The number of rotatable bonds is 4. The summed E-state index contributed by atoms with van der Waals surface area (Å²) in [7, 11) is 0. The predicted molar refractivity (Wildman–Crippen MR) is 94.6 cm³/mol. The molecule has 1 saturated heterocycles. The zero-order valence-corrected chi connectivity index (χ0v) is 14.0. The molecule has 0 radical (unpaired) electrons. The lowest BCUT2D eigenvalue weighted by molar-refractivity contribution is 0.170. The fourth-order valence-corrected chi connectivity index (χ4v) is 3.47. The third kappa shape index (κ3) is 3.71. The second-order valence-corrected chi connectivity index (χ2v) is 7.08. The molecule has 1 heterocycles. The third-order valence-corrected chi connectivity index (χ3v) is 5.31. The highest BCUT2D eigenvalue weighted by Crippen LogP contribution is 2.35. The van der Waals surface area contributed by atoms with Crippen LogP contribution in [0.3, 0.4) is 0 Å². The number of piperidine rings is 1. The SMILES string of the molecule is CC1(c2ccc(Cl)cc2)CCN(CCc2ccccc2)CC1. The number of halogens is 1. The second-order valence-electron chi connectivity index (χ2n) is 6.64. The van der Waals surface area contributed by atoms with E-state index in [-0.39, 0.29) is 0 Å². The van der Waals surface area contributed by atoms with Crippen molar-refractivity contribution in [3.63, 3.8) is 0 Å². The fraction of sp³-hybridized carbons (Fsp3) is 0.400. The van der Waals surface area contributed by atoms with Gasteiger partial charge in [-0.2, -0.15) is 0 Å². The van der Waals surface area contributed by atoms with Crippen LogP contribution in [-0.4, -0.2) is 24.5 Å². The first-order valence-corrected chi connectivity index (χ1v) is 8.56. The Bertz CT molecular complexity index is 583. The van der Waals surface area contributed by atoms with Crippen molar-refractivity contribution in [1.82, 2.24) is 4.90 Å². The summed E-state index contributed by atoms with van der Waals surface area (Å²) in [4.78, 5) is 2.60. The Kier molecular flexibility index (Phi) is 4.85. The summed E-state index contributed by atoms with van der Waals surface area (Å²) in [6, 6.07) is 19.2. The average Bonchev–Trinajstić information content (AvgIpc) is 2.56. The van der Waals surface area contributed by atoms with E-state index in [0.29, 0.717) is 5.41 Å². The van der Waals surface area contributed by atoms with E-state index in [1.807, 2.05) is 12.1 Å². The zero-order chi connectivity index (χ0) is 15.4. The van der Waals surface area contributed by atoms with Crippen molar-refractivity contribution in [2.45, 2.75) is 31.6 Å². The molecule has 0 bridgehead atoms. The van der Waals surface area contributed by atoms with Crippen molar-refractivity contribution < 1.29 is 0 Å². The van der Waals surface area contributed by atoms with Crippen molar-refractivity contribution in [1.29, 1.82) is 0 Å². The maximum atomic E-state index is 6.01. The maximum absolute atomic E-state index is 6.01. The Morgan fingerprint density at radius 2 is 1.59 bits per heavy atom. The molecule has 2 aromatic rings. The van der Waals surface area contributed by atoms with E-state index in [9.17, 15) is 0 Å². The van der Waals surface area contributed by atoms with Gasteiger partial charge in [0.1, 0.15) is 0 Å². The number of hydrogen-bond donors (Lipinski definition) is 0. The Labute approximate surface area is 138 Å². The normalized spacial score (nSPS) is 18.3. The summed E-state index contributed by atoms with van der Waals surface area (Å²) in [6.45, 7) is 5.93. The average molecular weight is 314 g/mol. The molecule has 2 heteroatoms. The van der Waals surface area contributed by atoms with Gasteiger partial charge >= 0.3 is 0 Å². The summed E-state index contributed by atoms with van der Waals surface area (Å²) >= 11 is 6.01. The minimum absolute atomic E-state index is 0.299. The van der Waals surface area contributed by atoms with E-state index in [0.717, 1.165) is 11.4 Å². The molecule has 0 amide bonds. The molecule has 3 rings (SSSR count). The molecule has 1 fully saturated rings. The van der Waals surface area contributed by atoms with Gasteiger partial charge in [-0.3, -0.25) is 0 Å². The number of hydrogen-bond acceptors (Lipinski definition) is 1. The highest BCUT2D eigenvalue weighted by molar-refractivity contribution is 6.30. The lowest BCUT2D eigenvalue weighted by Gasteiger charge is -2.40. The molecule has 0 saturated carbocycles. The van der Waals surface area contributed by atoms with Gasteiger partial charge < -0.3 is 4.90 Å². The van der Waals surface area contributed by atoms with Crippen LogP contribution in [0.2, 0.25) is 5.02 Å². The Morgan fingerprint density at radius 1 is 0.955 bits per heavy atom. The Balaban J connectivity index is 1.54. The summed E-state index contributed by atoms with van der Waals surface area (Å²) in [6.07, 6.45) is 3.60. The van der Waals surface area contributed by atoms with Gasteiger partial charge in [0, 0.05) is 11.6 Å². The van der Waals surface area contributed by atoms with Crippen LogP contribution >= 0.6 is 11.6 Å². The van der Waals surface area contributed by atoms with E-state index < -0.39 is 0 Å². The minimum Gasteiger partial charge on any atom is -0.303 e. The van der Waals surface area contributed by atoms with Crippen LogP contribution in [0.15, 0.2) is 54.6 Å². The van der Waals surface area contributed by atoms with E-state index in [1.165, 1.54) is 43.6 Å². The summed E-state index contributed by atoms with van der Waals surface area (Å²) in [5.41, 5.74) is 3.17. The predicted octanol–water partition coefficient (Wildman–Crippen LogP) is 4.94. The van der Waals surface area contributed by atoms with E-state index in [4.69, 9.17) is 11.6 Å².